The van der Waals surface area contributed by atoms with Crippen molar-refractivity contribution >= 4 is 21.4 Å². The number of benzene rings is 1. The first-order valence-electron chi connectivity index (χ1n) is 6.80. The maximum absolute atomic E-state index is 12.2. The van der Waals surface area contributed by atoms with E-state index in [2.05, 4.69) is 10.0 Å². The highest BCUT2D eigenvalue weighted by molar-refractivity contribution is 7.89. The van der Waals surface area contributed by atoms with Crippen LogP contribution in [0.25, 0.3) is 0 Å². The van der Waals surface area contributed by atoms with E-state index in [-0.39, 0.29) is 17.4 Å². The molecule has 0 fully saturated rings. The SMILES string of the molecule is CCCNc1ccc(S(=O)(=O)NCC(C)C)c([N+](=O)[O-])c1. The highest BCUT2D eigenvalue weighted by Crippen LogP contribution is 2.27. The summed E-state index contributed by atoms with van der Waals surface area (Å²) >= 11 is 0. The summed E-state index contributed by atoms with van der Waals surface area (Å²) in [5.41, 5.74) is 0.110. The molecule has 1 rings (SSSR count). The molecule has 0 amide bonds. The second kappa shape index (κ2) is 7.37. The fourth-order valence-corrected chi connectivity index (χ4v) is 2.98. The van der Waals surface area contributed by atoms with Crippen molar-refractivity contribution in [1.82, 2.24) is 4.72 Å². The lowest BCUT2D eigenvalue weighted by Gasteiger charge is -2.10. The van der Waals surface area contributed by atoms with Gasteiger partial charge in [0.2, 0.25) is 10.0 Å². The maximum atomic E-state index is 12.2. The Morgan fingerprint density at radius 1 is 1.33 bits per heavy atom. The van der Waals surface area contributed by atoms with Crippen molar-refractivity contribution in [3.63, 3.8) is 0 Å². The molecule has 0 bridgehead atoms. The molecule has 0 saturated heterocycles. The number of nitrogens with zero attached hydrogens (tertiary/aromatic N) is 1. The molecule has 1 aromatic rings. The normalized spacial score (nSPS) is 11.6. The number of nitrogens with one attached hydrogen (secondary N) is 2. The van der Waals surface area contributed by atoms with Crippen molar-refractivity contribution in [2.24, 2.45) is 5.92 Å². The van der Waals surface area contributed by atoms with E-state index in [9.17, 15) is 18.5 Å². The van der Waals surface area contributed by atoms with E-state index in [0.717, 1.165) is 6.42 Å². The molecule has 0 unspecified atom stereocenters. The average Bonchev–Trinajstić information content (AvgIpc) is 2.42. The Balaban J connectivity index is 3.14. The third kappa shape index (κ3) is 4.98. The molecule has 0 radical (unpaired) electrons. The fourth-order valence-electron chi connectivity index (χ4n) is 1.62. The first-order chi connectivity index (χ1) is 9.77. The van der Waals surface area contributed by atoms with E-state index in [1.807, 2.05) is 20.8 Å². The van der Waals surface area contributed by atoms with Crippen LogP contribution in [0.1, 0.15) is 27.2 Å². The molecule has 7 nitrogen and oxygen atoms in total. The van der Waals surface area contributed by atoms with Crippen LogP contribution in [0.3, 0.4) is 0 Å². The Kier molecular flexibility index (Phi) is 6.10. The number of hydrogen-bond donors (Lipinski definition) is 2. The summed E-state index contributed by atoms with van der Waals surface area (Å²) in [6, 6.07) is 4.05. The van der Waals surface area contributed by atoms with Crippen molar-refractivity contribution < 1.29 is 13.3 Å². The van der Waals surface area contributed by atoms with Crippen LogP contribution < -0.4 is 10.0 Å². The van der Waals surface area contributed by atoms with Crippen LogP contribution in [0.5, 0.6) is 0 Å². The molecule has 2 N–H and O–H groups in total. The van der Waals surface area contributed by atoms with E-state index in [1.54, 1.807) is 0 Å². The number of rotatable bonds is 8. The van der Waals surface area contributed by atoms with Crippen LogP contribution in [-0.4, -0.2) is 26.4 Å². The van der Waals surface area contributed by atoms with Gasteiger partial charge in [0.25, 0.3) is 5.69 Å². The monoisotopic (exact) mass is 315 g/mol. The lowest BCUT2D eigenvalue weighted by atomic mass is 10.2. The molecule has 0 heterocycles. The predicted molar refractivity (Wildman–Crippen MR) is 81.9 cm³/mol. The van der Waals surface area contributed by atoms with Gasteiger partial charge in [0.15, 0.2) is 4.90 Å². The summed E-state index contributed by atoms with van der Waals surface area (Å²) in [5.74, 6) is 0.115. The van der Waals surface area contributed by atoms with E-state index in [0.29, 0.717) is 12.2 Å². The number of hydrogen-bond acceptors (Lipinski definition) is 5. The zero-order valence-corrected chi connectivity index (χ0v) is 13.2. The summed E-state index contributed by atoms with van der Waals surface area (Å²) < 4.78 is 26.7. The fraction of sp³-hybridized carbons (Fsp3) is 0.538. The van der Waals surface area contributed by atoms with Gasteiger partial charge >= 0.3 is 0 Å². The molecule has 0 aromatic heterocycles. The standard InChI is InChI=1S/C13H21N3O4S/c1-4-7-14-11-5-6-13(12(8-11)16(17)18)21(19,20)15-9-10(2)3/h5-6,8,10,14-15H,4,7,9H2,1-3H3. The smallest absolute Gasteiger partial charge is 0.291 e. The van der Waals surface area contributed by atoms with Gasteiger partial charge in [-0.3, -0.25) is 10.1 Å². The topological polar surface area (TPSA) is 101 Å². The largest absolute Gasteiger partial charge is 0.385 e. The minimum absolute atomic E-state index is 0.115. The zero-order chi connectivity index (χ0) is 16.0. The summed E-state index contributed by atoms with van der Waals surface area (Å²) in [6.45, 7) is 6.57. The number of anilines is 1. The third-order valence-electron chi connectivity index (χ3n) is 2.71. The molecular formula is C13H21N3O4S. The Morgan fingerprint density at radius 2 is 2.00 bits per heavy atom. The van der Waals surface area contributed by atoms with Gasteiger partial charge in [0, 0.05) is 24.8 Å². The van der Waals surface area contributed by atoms with Gasteiger partial charge in [-0.25, -0.2) is 13.1 Å². The summed E-state index contributed by atoms with van der Waals surface area (Å²) in [4.78, 5) is 10.1. The highest BCUT2D eigenvalue weighted by atomic mass is 32.2. The van der Waals surface area contributed by atoms with Gasteiger partial charge in [-0.2, -0.15) is 0 Å². The Hall–Kier alpha value is -1.67. The highest BCUT2D eigenvalue weighted by Gasteiger charge is 2.26. The van der Waals surface area contributed by atoms with Crippen molar-refractivity contribution in [2.45, 2.75) is 32.1 Å². The Labute approximate surface area is 124 Å². The molecular weight excluding hydrogens is 294 g/mol. The van der Waals surface area contributed by atoms with Crippen molar-refractivity contribution in [3.05, 3.63) is 28.3 Å². The van der Waals surface area contributed by atoms with Gasteiger partial charge in [-0.05, 0) is 24.5 Å². The van der Waals surface area contributed by atoms with Crippen LogP contribution in [0.4, 0.5) is 11.4 Å². The molecule has 8 heteroatoms. The van der Waals surface area contributed by atoms with Crippen molar-refractivity contribution in [2.75, 3.05) is 18.4 Å². The first-order valence-corrected chi connectivity index (χ1v) is 8.28. The summed E-state index contributed by atoms with van der Waals surface area (Å²) in [7, 11) is -3.89. The van der Waals surface area contributed by atoms with Crippen LogP contribution in [0, 0.1) is 16.0 Å². The van der Waals surface area contributed by atoms with Crippen LogP contribution >= 0.6 is 0 Å². The molecule has 1 aromatic carbocycles. The summed E-state index contributed by atoms with van der Waals surface area (Å²) in [5, 5.41) is 14.1. The molecule has 0 aliphatic carbocycles. The van der Waals surface area contributed by atoms with Gasteiger partial charge < -0.3 is 5.32 Å². The quantitative estimate of drug-likeness (QED) is 0.566. The van der Waals surface area contributed by atoms with Crippen molar-refractivity contribution in [1.29, 1.82) is 0 Å². The molecule has 0 spiro atoms. The van der Waals surface area contributed by atoms with Gasteiger partial charge in [-0.1, -0.05) is 20.8 Å². The predicted octanol–water partition coefficient (Wildman–Crippen LogP) is 2.35. The first kappa shape index (κ1) is 17.4. The second-order valence-corrected chi connectivity index (χ2v) is 6.85. The Morgan fingerprint density at radius 3 is 2.52 bits per heavy atom. The maximum Gasteiger partial charge on any atom is 0.291 e. The van der Waals surface area contributed by atoms with E-state index in [1.165, 1.54) is 18.2 Å². The second-order valence-electron chi connectivity index (χ2n) is 5.11. The molecule has 0 saturated carbocycles. The zero-order valence-electron chi connectivity index (χ0n) is 12.4. The lowest BCUT2D eigenvalue weighted by molar-refractivity contribution is -0.387. The minimum Gasteiger partial charge on any atom is -0.385 e. The molecule has 0 aliphatic rings. The summed E-state index contributed by atoms with van der Waals surface area (Å²) in [6.07, 6.45) is 0.865. The minimum atomic E-state index is -3.89. The molecule has 0 aliphatic heterocycles. The van der Waals surface area contributed by atoms with Gasteiger partial charge in [0.1, 0.15) is 0 Å². The number of nitro benzene ring substituents is 1. The van der Waals surface area contributed by atoms with E-state index >= 15 is 0 Å². The van der Waals surface area contributed by atoms with E-state index < -0.39 is 20.6 Å². The molecule has 118 valence electrons. The van der Waals surface area contributed by atoms with E-state index in [4.69, 9.17) is 0 Å². The molecule has 21 heavy (non-hydrogen) atoms. The van der Waals surface area contributed by atoms with Gasteiger partial charge in [-0.15, -0.1) is 0 Å². The molecule has 0 atom stereocenters. The number of nitro groups is 1. The van der Waals surface area contributed by atoms with Crippen LogP contribution in [0.15, 0.2) is 23.1 Å². The van der Waals surface area contributed by atoms with Crippen LogP contribution in [0.2, 0.25) is 0 Å². The van der Waals surface area contributed by atoms with Crippen LogP contribution in [-0.2, 0) is 10.0 Å². The van der Waals surface area contributed by atoms with Crippen molar-refractivity contribution in [3.8, 4) is 0 Å². The lowest BCUT2D eigenvalue weighted by Crippen LogP contribution is -2.28. The van der Waals surface area contributed by atoms with Gasteiger partial charge in [0.05, 0.1) is 4.92 Å². The number of sulfonamides is 1. The third-order valence-corrected chi connectivity index (χ3v) is 4.18. The Bertz CT molecular complexity index is 599. The average molecular weight is 315 g/mol.